The van der Waals surface area contributed by atoms with E-state index in [9.17, 15) is 0 Å². The van der Waals surface area contributed by atoms with Gasteiger partial charge in [0.05, 0.1) is 0 Å². The van der Waals surface area contributed by atoms with E-state index in [4.69, 9.17) is 5.73 Å². The van der Waals surface area contributed by atoms with Crippen LogP contribution in [0.1, 0.15) is 26.3 Å². The fourth-order valence-electron chi connectivity index (χ4n) is 1.31. The van der Waals surface area contributed by atoms with Crippen LogP contribution < -0.4 is 11.1 Å². The van der Waals surface area contributed by atoms with Gasteiger partial charge in [0.15, 0.2) is 0 Å². The van der Waals surface area contributed by atoms with Crippen molar-refractivity contribution < 1.29 is 0 Å². The lowest BCUT2D eigenvalue weighted by Crippen LogP contribution is -2.15. The highest BCUT2D eigenvalue weighted by Gasteiger charge is 2.13. The van der Waals surface area contributed by atoms with Crippen LogP contribution in [0.4, 0.5) is 5.69 Å². The van der Waals surface area contributed by atoms with Crippen LogP contribution in [0.2, 0.25) is 0 Å². The number of rotatable bonds is 3. The molecule has 1 aromatic carbocycles. The van der Waals surface area contributed by atoms with Crippen molar-refractivity contribution >= 4 is 5.69 Å². The van der Waals surface area contributed by atoms with E-state index in [2.05, 4.69) is 50.4 Å². The minimum atomic E-state index is 0.209. The molecule has 0 fully saturated rings. The first-order valence-corrected chi connectivity index (χ1v) is 5.08. The van der Waals surface area contributed by atoms with E-state index in [0.717, 1.165) is 12.2 Å². The summed E-state index contributed by atoms with van der Waals surface area (Å²) in [7, 11) is 0. The number of hydrogen-bond acceptors (Lipinski definition) is 2. The fraction of sp³-hybridized carbons (Fsp3) is 0.500. The molecule has 78 valence electrons. The first kappa shape index (κ1) is 11.1. The van der Waals surface area contributed by atoms with E-state index in [0.29, 0.717) is 6.54 Å². The molecule has 0 amide bonds. The summed E-state index contributed by atoms with van der Waals surface area (Å²) in [6.07, 6.45) is 0. The molecule has 0 aliphatic heterocycles. The molecule has 0 aliphatic rings. The molecule has 0 aromatic heterocycles. The van der Waals surface area contributed by atoms with Gasteiger partial charge in [-0.2, -0.15) is 0 Å². The molecule has 0 unspecified atom stereocenters. The molecule has 2 heteroatoms. The smallest absolute Gasteiger partial charge is 0.0343 e. The Kier molecular flexibility index (Phi) is 3.53. The lowest BCUT2D eigenvalue weighted by molar-refractivity contribution is 0.590. The van der Waals surface area contributed by atoms with Crippen molar-refractivity contribution in [1.29, 1.82) is 0 Å². The van der Waals surface area contributed by atoms with E-state index in [1.807, 2.05) is 0 Å². The number of anilines is 1. The van der Waals surface area contributed by atoms with E-state index < -0.39 is 0 Å². The Hall–Kier alpha value is -1.02. The first-order chi connectivity index (χ1) is 6.54. The summed E-state index contributed by atoms with van der Waals surface area (Å²) < 4.78 is 0. The van der Waals surface area contributed by atoms with Gasteiger partial charge in [-0.3, -0.25) is 0 Å². The van der Waals surface area contributed by atoms with E-state index in [1.54, 1.807) is 0 Å². The van der Waals surface area contributed by atoms with Gasteiger partial charge in [0.2, 0.25) is 0 Å². The summed E-state index contributed by atoms with van der Waals surface area (Å²) in [4.78, 5) is 0. The van der Waals surface area contributed by atoms with Crippen LogP contribution in [0.15, 0.2) is 24.3 Å². The van der Waals surface area contributed by atoms with Crippen molar-refractivity contribution in [1.82, 2.24) is 0 Å². The number of benzene rings is 1. The third kappa shape index (κ3) is 3.04. The van der Waals surface area contributed by atoms with Crippen LogP contribution in [-0.4, -0.2) is 13.1 Å². The maximum Gasteiger partial charge on any atom is 0.0343 e. The molecular weight excluding hydrogens is 172 g/mol. The second kappa shape index (κ2) is 4.47. The third-order valence-electron chi connectivity index (χ3n) is 2.20. The summed E-state index contributed by atoms with van der Waals surface area (Å²) in [6.45, 7) is 8.15. The molecular formula is C12H20N2. The second-order valence-electron chi connectivity index (χ2n) is 4.55. The highest BCUT2D eigenvalue weighted by atomic mass is 14.9. The third-order valence-corrected chi connectivity index (χ3v) is 2.20. The van der Waals surface area contributed by atoms with Gasteiger partial charge in [0.25, 0.3) is 0 Å². The Bertz CT molecular complexity index is 287. The summed E-state index contributed by atoms with van der Waals surface area (Å²) in [5.74, 6) is 0. The van der Waals surface area contributed by atoms with Crippen LogP contribution in [0, 0.1) is 0 Å². The van der Waals surface area contributed by atoms with Gasteiger partial charge in [-0.15, -0.1) is 0 Å². The molecule has 0 saturated carbocycles. The van der Waals surface area contributed by atoms with Crippen molar-refractivity contribution in [3.63, 3.8) is 0 Å². The fourth-order valence-corrected chi connectivity index (χ4v) is 1.31. The highest BCUT2D eigenvalue weighted by molar-refractivity contribution is 5.47. The summed E-state index contributed by atoms with van der Waals surface area (Å²) >= 11 is 0. The number of nitrogens with one attached hydrogen (secondary N) is 1. The minimum absolute atomic E-state index is 0.209. The molecule has 1 rings (SSSR count). The highest BCUT2D eigenvalue weighted by Crippen LogP contribution is 2.24. The number of hydrogen-bond donors (Lipinski definition) is 2. The topological polar surface area (TPSA) is 38.0 Å². The van der Waals surface area contributed by atoms with E-state index in [1.165, 1.54) is 5.56 Å². The Balaban J connectivity index is 2.79. The van der Waals surface area contributed by atoms with Crippen LogP contribution in [0.3, 0.4) is 0 Å². The molecule has 0 aliphatic carbocycles. The van der Waals surface area contributed by atoms with Crippen molar-refractivity contribution in [3.8, 4) is 0 Å². The maximum absolute atomic E-state index is 5.44. The predicted molar refractivity (Wildman–Crippen MR) is 62.7 cm³/mol. The van der Waals surface area contributed by atoms with Crippen molar-refractivity contribution in [2.45, 2.75) is 26.2 Å². The van der Waals surface area contributed by atoms with Gasteiger partial charge >= 0.3 is 0 Å². The first-order valence-electron chi connectivity index (χ1n) is 5.08. The Labute approximate surface area is 86.5 Å². The molecule has 0 spiro atoms. The zero-order chi connectivity index (χ0) is 10.6. The number of nitrogens with two attached hydrogens (primary N) is 1. The van der Waals surface area contributed by atoms with Gasteiger partial charge in [0.1, 0.15) is 0 Å². The van der Waals surface area contributed by atoms with Crippen LogP contribution in [-0.2, 0) is 5.41 Å². The summed E-state index contributed by atoms with van der Waals surface area (Å²) in [5.41, 5.74) is 8.15. The van der Waals surface area contributed by atoms with Crippen molar-refractivity contribution in [2.24, 2.45) is 5.73 Å². The molecule has 0 heterocycles. The zero-order valence-corrected chi connectivity index (χ0v) is 9.30. The Morgan fingerprint density at radius 1 is 1.29 bits per heavy atom. The molecule has 2 nitrogen and oxygen atoms in total. The quantitative estimate of drug-likeness (QED) is 0.771. The molecule has 3 N–H and O–H groups in total. The largest absolute Gasteiger partial charge is 0.384 e. The van der Waals surface area contributed by atoms with Gasteiger partial charge in [-0.25, -0.2) is 0 Å². The molecule has 0 atom stereocenters. The summed E-state index contributed by atoms with van der Waals surface area (Å²) in [5, 5.41) is 3.28. The molecule has 0 radical (unpaired) electrons. The lowest BCUT2D eigenvalue weighted by atomic mass is 9.87. The SMILES string of the molecule is CC(C)(C)c1cccc(NCCN)c1. The van der Waals surface area contributed by atoms with Gasteiger partial charge in [-0.05, 0) is 23.1 Å². The molecule has 0 saturated heterocycles. The normalized spacial score (nSPS) is 11.4. The second-order valence-corrected chi connectivity index (χ2v) is 4.55. The Morgan fingerprint density at radius 2 is 2.00 bits per heavy atom. The van der Waals surface area contributed by atoms with Gasteiger partial charge in [-0.1, -0.05) is 32.9 Å². The molecule has 1 aromatic rings. The lowest BCUT2D eigenvalue weighted by Gasteiger charge is -2.20. The van der Waals surface area contributed by atoms with Crippen LogP contribution in [0.25, 0.3) is 0 Å². The van der Waals surface area contributed by atoms with E-state index in [-0.39, 0.29) is 5.41 Å². The maximum atomic E-state index is 5.44. The van der Waals surface area contributed by atoms with Gasteiger partial charge in [0, 0.05) is 18.8 Å². The monoisotopic (exact) mass is 192 g/mol. The average Bonchev–Trinajstić information content (AvgIpc) is 2.14. The Morgan fingerprint density at radius 3 is 2.57 bits per heavy atom. The van der Waals surface area contributed by atoms with Gasteiger partial charge < -0.3 is 11.1 Å². The minimum Gasteiger partial charge on any atom is -0.384 e. The predicted octanol–water partition coefficient (Wildman–Crippen LogP) is 2.35. The van der Waals surface area contributed by atoms with E-state index >= 15 is 0 Å². The summed E-state index contributed by atoms with van der Waals surface area (Å²) in [6, 6.07) is 8.51. The molecule has 14 heavy (non-hydrogen) atoms. The average molecular weight is 192 g/mol. The van der Waals surface area contributed by atoms with Crippen LogP contribution in [0.5, 0.6) is 0 Å². The van der Waals surface area contributed by atoms with Crippen molar-refractivity contribution in [2.75, 3.05) is 18.4 Å². The van der Waals surface area contributed by atoms with Crippen LogP contribution >= 0.6 is 0 Å². The molecule has 0 bridgehead atoms. The standard InChI is InChI=1S/C12H20N2/c1-12(2,3)10-5-4-6-11(9-10)14-8-7-13/h4-6,9,14H,7-8,13H2,1-3H3. The zero-order valence-electron chi connectivity index (χ0n) is 9.30. The van der Waals surface area contributed by atoms with Crippen molar-refractivity contribution in [3.05, 3.63) is 29.8 Å².